The molecule has 1 aromatic carbocycles. The average Bonchev–Trinajstić information content (AvgIpc) is 2.78. The molecule has 0 aliphatic heterocycles. The molecule has 0 spiro atoms. The molecule has 20 heavy (non-hydrogen) atoms. The van der Waals surface area contributed by atoms with Gasteiger partial charge in [0.2, 0.25) is 0 Å². The fourth-order valence-corrected chi connectivity index (χ4v) is 1.96. The molecule has 0 unspecified atom stereocenters. The third kappa shape index (κ3) is 3.21. The number of hydrogen-bond donors (Lipinski definition) is 0. The predicted molar refractivity (Wildman–Crippen MR) is 77.5 cm³/mol. The number of imidazole rings is 1. The number of nitro groups is 1. The first-order valence-corrected chi connectivity index (χ1v) is 6.38. The number of aryl methyl sites for hydroxylation is 1. The van der Waals surface area contributed by atoms with Gasteiger partial charge < -0.3 is 10.1 Å². The number of nitrogens with zero attached hydrogens (tertiary/aromatic N) is 4. The Balaban J connectivity index is 2.02. The maximum atomic E-state index is 10.8. The van der Waals surface area contributed by atoms with Crippen LogP contribution >= 0.6 is 11.6 Å². The second-order valence-corrected chi connectivity index (χ2v) is 4.54. The molecule has 0 bridgehead atoms. The minimum Gasteiger partial charge on any atom is -0.358 e. The van der Waals surface area contributed by atoms with E-state index in [1.54, 1.807) is 19.2 Å². The van der Waals surface area contributed by atoms with E-state index in [1.165, 1.54) is 10.8 Å². The summed E-state index contributed by atoms with van der Waals surface area (Å²) in [6, 6.07) is 7.36. The molecule has 6 nitrogen and oxygen atoms in total. The van der Waals surface area contributed by atoms with Crippen LogP contribution < -0.4 is 0 Å². The van der Waals surface area contributed by atoms with Crippen LogP contribution in [0.5, 0.6) is 0 Å². The lowest BCUT2D eigenvalue weighted by molar-refractivity contribution is -0.392. The van der Waals surface area contributed by atoms with E-state index >= 15 is 0 Å². The van der Waals surface area contributed by atoms with Crippen molar-refractivity contribution >= 4 is 23.6 Å². The van der Waals surface area contributed by atoms with E-state index in [0.29, 0.717) is 23.9 Å². The summed E-state index contributed by atoms with van der Waals surface area (Å²) in [5.41, 5.74) is 0.825. The lowest BCUT2D eigenvalue weighted by Gasteiger charge is -2.00. The first-order chi connectivity index (χ1) is 9.59. The first-order valence-electron chi connectivity index (χ1n) is 6.00. The van der Waals surface area contributed by atoms with Gasteiger partial charge in [-0.25, -0.2) is 9.55 Å². The molecule has 2 rings (SSSR count). The van der Waals surface area contributed by atoms with Gasteiger partial charge in [0.15, 0.2) is 5.82 Å². The second kappa shape index (κ2) is 6.29. The molecule has 0 fully saturated rings. The molecule has 1 aromatic heterocycles. The molecule has 0 aliphatic carbocycles. The van der Waals surface area contributed by atoms with Crippen molar-refractivity contribution in [3.05, 3.63) is 57.0 Å². The van der Waals surface area contributed by atoms with Crippen molar-refractivity contribution in [3.8, 4) is 0 Å². The van der Waals surface area contributed by atoms with E-state index in [0.717, 1.165) is 5.56 Å². The maximum Gasteiger partial charge on any atom is 0.342 e. The van der Waals surface area contributed by atoms with Crippen LogP contribution in [-0.2, 0) is 6.54 Å². The van der Waals surface area contributed by atoms with Crippen molar-refractivity contribution in [3.63, 3.8) is 0 Å². The molecule has 0 radical (unpaired) electrons. The lowest BCUT2D eigenvalue weighted by atomic mass is 10.2. The highest BCUT2D eigenvalue weighted by Crippen LogP contribution is 2.14. The standard InChI is InChI=1S/C13H13ClN4O2/c1-10-16-9-13(18(19)20)17(10)7-6-15-8-11-4-2-3-5-12(11)14/h2-5,8-9H,6-7H2,1H3. The van der Waals surface area contributed by atoms with E-state index < -0.39 is 4.92 Å². The Morgan fingerprint density at radius 3 is 2.95 bits per heavy atom. The van der Waals surface area contributed by atoms with Gasteiger partial charge in [0.25, 0.3) is 0 Å². The van der Waals surface area contributed by atoms with Crippen LogP contribution in [0.3, 0.4) is 0 Å². The lowest BCUT2D eigenvalue weighted by Crippen LogP contribution is -2.07. The van der Waals surface area contributed by atoms with Crippen LogP contribution in [0.4, 0.5) is 5.82 Å². The molecule has 0 saturated carbocycles. The van der Waals surface area contributed by atoms with Crippen LogP contribution in [0.1, 0.15) is 11.4 Å². The van der Waals surface area contributed by atoms with E-state index in [2.05, 4.69) is 9.98 Å². The zero-order valence-electron chi connectivity index (χ0n) is 10.9. The molecule has 0 saturated heterocycles. The molecule has 0 atom stereocenters. The normalized spacial score (nSPS) is 11.1. The topological polar surface area (TPSA) is 73.3 Å². The Morgan fingerprint density at radius 1 is 1.50 bits per heavy atom. The maximum absolute atomic E-state index is 10.8. The highest BCUT2D eigenvalue weighted by Gasteiger charge is 2.16. The van der Waals surface area contributed by atoms with Gasteiger partial charge in [-0.05, 0) is 11.0 Å². The molecule has 2 aromatic rings. The number of hydrogen-bond acceptors (Lipinski definition) is 4. The molecule has 7 heteroatoms. The fourth-order valence-electron chi connectivity index (χ4n) is 1.78. The minimum atomic E-state index is -0.447. The van der Waals surface area contributed by atoms with Crippen LogP contribution in [0, 0.1) is 17.0 Å². The number of halogens is 1. The molecule has 104 valence electrons. The fraction of sp³-hybridized carbons (Fsp3) is 0.231. The van der Waals surface area contributed by atoms with Crippen LogP contribution in [-0.4, -0.2) is 27.2 Å². The Labute approximate surface area is 120 Å². The van der Waals surface area contributed by atoms with Crippen LogP contribution in [0.25, 0.3) is 0 Å². The summed E-state index contributed by atoms with van der Waals surface area (Å²) in [5, 5.41) is 11.4. The van der Waals surface area contributed by atoms with Gasteiger partial charge in [-0.2, -0.15) is 0 Å². The van der Waals surface area contributed by atoms with E-state index in [4.69, 9.17) is 11.6 Å². The third-order valence-corrected chi connectivity index (χ3v) is 3.15. The smallest absolute Gasteiger partial charge is 0.342 e. The summed E-state index contributed by atoms with van der Waals surface area (Å²) in [4.78, 5) is 18.6. The summed E-state index contributed by atoms with van der Waals surface area (Å²) < 4.78 is 1.53. The Bertz CT molecular complexity index is 652. The Kier molecular flexibility index (Phi) is 4.47. The number of rotatable bonds is 5. The van der Waals surface area contributed by atoms with Crippen molar-refractivity contribution in [2.45, 2.75) is 13.5 Å². The monoisotopic (exact) mass is 292 g/mol. The predicted octanol–water partition coefficient (Wildman–Crippen LogP) is 2.87. The third-order valence-electron chi connectivity index (χ3n) is 2.81. The summed E-state index contributed by atoms with van der Waals surface area (Å²) in [6.45, 7) is 2.55. The minimum absolute atomic E-state index is 0.0181. The van der Waals surface area contributed by atoms with Crippen molar-refractivity contribution < 1.29 is 4.92 Å². The second-order valence-electron chi connectivity index (χ2n) is 4.13. The number of benzene rings is 1. The van der Waals surface area contributed by atoms with Gasteiger partial charge >= 0.3 is 5.82 Å². The van der Waals surface area contributed by atoms with E-state index in [-0.39, 0.29) is 5.82 Å². The van der Waals surface area contributed by atoms with Crippen molar-refractivity contribution in [1.82, 2.24) is 9.55 Å². The molecule has 0 amide bonds. The zero-order valence-corrected chi connectivity index (χ0v) is 11.6. The van der Waals surface area contributed by atoms with Gasteiger partial charge in [0, 0.05) is 23.7 Å². The number of aliphatic imine (C=N–C) groups is 1. The SMILES string of the molecule is Cc1ncc([N+](=O)[O-])n1CCN=Cc1ccccc1Cl. The average molecular weight is 293 g/mol. The van der Waals surface area contributed by atoms with Crippen molar-refractivity contribution in [1.29, 1.82) is 0 Å². The van der Waals surface area contributed by atoms with Gasteiger partial charge in [-0.15, -0.1) is 0 Å². The summed E-state index contributed by atoms with van der Waals surface area (Å²) in [7, 11) is 0. The van der Waals surface area contributed by atoms with Crippen LogP contribution in [0.15, 0.2) is 35.5 Å². The highest BCUT2D eigenvalue weighted by atomic mass is 35.5. The summed E-state index contributed by atoms with van der Waals surface area (Å²) in [5.74, 6) is 0.583. The zero-order chi connectivity index (χ0) is 14.5. The van der Waals surface area contributed by atoms with Crippen molar-refractivity contribution in [2.75, 3.05) is 6.54 Å². The van der Waals surface area contributed by atoms with E-state index in [9.17, 15) is 10.1 Å². The van der Waals surface area contributed by atoms with Gasteiger partial charge in [-0.1, -0.05) is 29.8 Å². The quantitative estimate of drug-likeness (QED) is 0.483. The molecule has 0 N–H and O–H groups in total. The van der Waals surface area contributed by atoms with Gasteiger partial charge in [0.1, 0.15) is 12.7 Å². The summed E-state index contributed by atoms with van der Waals surface area (Å²) >= 11 is 6.00. The molecular weight excluding hydrogens is 280 g/mol. The Hall–Kier alpha value is -2.21. The van der Waals surface area contributed by atoms with E-state index in [1.807, 2.05) is 18.2 Å². The molecule has 1 heterocycles. The van der Waals surface area contributed by atoms with Gasteiger partial charge in [-0.3, -0.25) is 4.99 Å². The largest absolute Gasteiger partial charge is 0.358 e. The molecular formula is C13H13ClN4O2. The van der Waals surface area contributed by atoms with Gasteiger partial charge in [0.05, 0.1) is 6.54 Å². The van der Waals surface area contributed by atoms with Crippen LogP contribution in [0.2, 0.25) is 5.02 Å². The Morgan fingerprint density at radius 2 is 2.25 bits per heavy atom. The summed E-state index contributed by atoms with van der Waals surface area (Å²) in [6.07, 6.45) is 2.92. The van der Waals surface area contributed by atoms with Crippen molar-refractivity contribution in [2.24, 2.45) is 4.99 Å². The highest BCUT2D eigenvalue weighted by molar-refractivity contribution is 6.33. The number of aromatic nitrogens is 2. The molecule has 0 aliphatic rings. The first kappa shape index (κ1) is 14.2.